The molecule has 11 nitrogen and oxygen atoms in total. The summed E-state index contributed by atoms with van der Waals surface area (Å²) < 4.78 is 45.9. The highest BCUT2D eigenvalue weighted by molar-refractivity contribution is 7.99. The fourth-order valence-electron chi connectivity index (χ4n) is 4.49. The Morgan fingerprint density at radius 1 is 0.952 bits per heavy atom. The molecular formula is C29H31N5O6S2. The fourth-order valence-corrected chi connectivity index (χ4v) is 6.68. The number of hydrogen-bond acceptors (Lipinski definition) is 9. The normalized spacial score (nSPS) is 14.0. The van der Waals surface area contributed by atoms with E-state index >= 15 is 0 Å². The number of nitrogens with one attached hydrogen (secondary N) is 1. The molecule has 3 aromatic carbocycles. The zero-order valence-electron chi connectivity index (χ0n) is 23.2. The molecule has 13 heteroatoms. The van der Waals surface area contributed by atoms with E-state index in [1.54, 1.807) is 43.5 Å². The van der Waals surface area contributed by atoms with E-state index in [1.165, 1.54) is 23.2 Å². The van der Waals surface area contributed by atoms with Crippen molar-refractivity contribution in [1.29, 1.82) is 0 Å². The molecule has 4 aromatic rings. The van der Waals surface area contributed by atoms with Crippen LogP contribution in [0.1, 0.15) is 5.56 Å². The van der Waals surface area contributed by atoms with Crippen LogP contribution in [0.4, 0.5) is 5.69 Å². The van der Waals surface area contributed by atoms with Crippen molar-refractivity contribution in [2.45, 2.75) is 16.6 Å². The zero-order valence-corrected chi connectivity index (χ0v) is 24.9. The lowest BCUT2D eigenvalue weighted by atomic mass is 10.2. The van der Waals surface area contributed by atoms with Crippen LogP contribution >= 0.6 is 11.8 Å². The van der Waals surface area contributed by atoms with Crippen LogP contribution in [0.15, 0.2) is 82.8 Å². The van der Waals surface area contributed by atoms with Gasteiger partial charge in [-0.05, 0) is 29.8 Å². The molecular weight excluding hydrogens is 578 g/mol. The summed E-state index contributed by atoms with van der Waals surface area (Å²) in [6.45, 7) is 1.78. The number of carbonyl (C=O) groups is 1. The SMILES string of the molecule is COc1ccc(NC(=O)CSc2nnc(-c3cccc(S(=O)(=O)N4CCOCC4)c3)n2Cc2ccccc2)cc1OC. The Hall–Kier alpha value is -3.91. The maximum absolute atomic E-state index is 13.3. The minimum Gasteiger partial charge on any atom is -0.493 e. The van der Waals surface area contributed by atoms with Gasteiger partial charge in [-0.3, -0.25) is 9.36 Å². The second kappa shape index (κ2) is 13.4. The molecule has 0 saturated carbocycles. The van der Waals surface area contributed by atoms with E-state index in [1.807, 2.05) is 41.0 Å². The summed E-state index contributed by atoms with van der Waals surface area (Å²) >= 11 is 1.24. The molecule has 5 rings (SSSR count). The van der Waals surface area contributed by atoms with Crippen LogP contribution in [0.3, 0.4) is 0 Å². The van der Waals surface area contributed by atoms with Gasteiger partial charge in [0.15, 0.2) is 22.5 Å². The second-order valence-electron chi connectivity index (χ2n) is 9.33. The van der Waals surface area contributed by atoms with E-state index < -0.39 is 10.0 Å². The standard InChI is InChI=1S/C29H31N5O6S2/c1-38-25-12-11-23(18-26(25)39-2)30-27(35)20-41-29-32-31-28(34(29)19-21-7-4-3-5-8-21)22-9-6-10-24(17-22)42(36,37)33-13-15-40-16-14-33/h3-12,17-18H,13-16,19-20H2,1-2H3,(H,30,35). The maximum atomic E-state index is 13.3. The van der Waals surface area contributed by atoms with Gasteiger partial charge in [0.1, 0.15) is 0 Å². The van der Waals surface area contributed by atoms with Gasteiger partial charge in [0.25, 0.3) is 0 Å². The summed E-state index contributed by atoms with van der Waals surface area (Å²) in [5.41, 5.74) is 2.18. The molecule has 1 amide bonds. The second-order valence-corrected chi connectivity index (χ2v) is 12.2. The number of nitrogens with zero attached hydrogens (tertiary/aromatic N) is 4. The van der Waals surface area contributed by atoms with Crippen molar-refractivity contribution in [3.63, 3.8) is 0 Å². The third-order valence-corrected chi connectivity index (χ3v) is 9.46. The highest BCUT2D eigenvalue weighted by Crippen LogP contribution is 2.31. The molecule has 1 aliphatic rings. The first-order valence-electron chi connectivity index (χ1n) is 13.2. The Morgan fingerprint density at radius 3 is 2.45 bits per heavy atom. The number of hydrogen-bond donors (Lipinski definition) is 1. The minimum atomic E-state index is -3.70. The molecule has 0 bridgehead atoms. The number of methoxy groups -OCH3 is 2. The van der Waals surface area contributed by atoms with Gasteiger partial charge < -0.3 is 19.5 Å². The van der Waals surface area contributed by atoms with Crippen LogP contribution in [0.2, 0.25) is 0 Å². The predicted molar refractivity (Wildman–Crippen MR) is 159 cm³/mol. The molecule has 1 fully saturated rings. The first-order valence-corrected chi connectivity index (χ1v) is 15.6. The van der Waals surface area contributed by atoms with Crippen LogP contribution in [0, 0.1) is 0 Å². The lowest BCUT2D eigenvalue weighted by Gasteiger charge is -2.26. The van der Waals surface area contributed by atoms with Gasteiger partial charge in [-0.25, -0.2) is 8.42 Å². The summed E-state index contributed by atoms with van der Waals surface area (Å²) in [5, 5.41) is 12.2. The largest absolute Gasteiger partial charge is 0.493 e. The van der Waals surface area contributed by atoms with Crippen molar-refractivity contribution >= 4 is 33.4 Å². The summed E-state index contributed by atoms with van der Waals surface area (Å²) in [7, 11) is -0.618. The number of aromatic nitrogens is 3. The average molecular weight is 610 g/mol. The molecule has 1 aromatic heterocycles. The Balaban J connectivity index is 1.39. The summed E-state index contributed by atoms with van der Waals surface area (Å²) in [4.78, 5) is 13.0. The molecule has 1 N–H and O–H groups in total. The molecule has 42 heavy (non-hydrogen) atoms. The molecule has 0 unspecified atom stereocenters. The number of morpholine rings is 1. The van der Waals surface area contributed by atoms with Crippen molar-refractivity contribution < 1.29 is 27.4 Å². The van der Waals surface area contributed by atoms with Gasteiger partial charge in [-0.1, -0.05) is 54.2 Å². The number of anilines is 1. The summed E-state index contributed by atoms with van der Waals surface area (Å²) in [6, 6.07) is 21.7. The molecule has 1 aliphatic heterocycles. The van der Waals surface area contributed by atoms with E-state index in [9.17, 15) is 13.2 Å². The Kier molecular flexibility index (Phi) is 9.42. The van der Waals surface area contributed by atoms with Gasteiger partial charge in [-0.2, -0.15) is 4.31 Å². The van der Waals surface area contributed by atoms with Crippen molar-refractivity contribution in [3.8, 4) is 22.9 Å². The van der Waals surface area contributed by atoms with Crippen LogP contribution in [-0.4, -0.2) is 79.7 Å². The molecule has 0 spiro atoms. The van der Waals surface area contributed by atoms with Crippen molar-refractivity contribution in [2.24, 2.45) is 0 Å². The topological polar surface area (TPSA) is 125 Å². The lowest BCUT2D eigenvalue weighted by Crippen LogP contribution is -2.40. The van der Waals surface area contributed by atoms with E-state index in [-0.39, 0.29) is 16.6 Å². The lowest BCUT2D eigenvalue weighted by molar-refractivity contribution is -0.113. The molecule has 0 atom stereocenters. The highest BCUT2D eigenvalue weighted by atomic mass is 32.2. The van der Waals surface area contributed by atoms with Crippen LogP contribution in [-0.2, 0) is 26.1 Å². The molecule has 0 aliphatic carbocycles. The highest BCUT2D eigenvalue weighted by Gasteiger charge is 2.27. The summed E-state index contributed by atoms with van der Waals surface area (Å²) in [6.07, 6.45) is 0. The number of sulfonamides is 1. The average Bonchev–Trinajstić information content (AvgIpc) is 3.43. The van der Waals surface area contributed by atoms with Crippen LogP contribution < -0.4 is 14.8 Å². The predicted octanol–water partition coefficient (Wildman–Crippen LogP) is 3.76. The Labute approximate surface area is 248 Å². The fraction of sp³-hybridized carbons (Fsp3) is 0.276. The third-order valence-electron chi connectivity index (χ3n) is 6.60. The number of rotatable bonds is 11. The van der Waals surface area contributed by atoms with E-state index in [0.717, 1.165) is 5.56 Å². The number of amides is 1. The van der Waals surface area contributed by atoms with Crippen molar-refractivity contribution in [3.05, 3.63) is 78.4 Å². The first kappa shape index (κ1) is 29.6. The van der Waals surface area contributed by atoms with Crippen LogP contribution in [0.5, 0.6) is 11.5 Å². The zero-order chi connectivity index (χ0) is 29.5. The smallest absolute Gasteiger partial charge is 0.243 e. The third kappa shape index (κ3) is 6.76. The van der Waals surface area contributed by atoms with Crippen molar-refractivity contribution in [1.82, 2.24) is 19.1 Å². The molecule has 220 valence electrons. The summed E-state index contributed by atoms with van der Waals surface area (Å²) in [5.74, 6) is 1.41. The van der Waals surface area contributed by atoms with Gasteiger partial charge in [0.2, 0.25) is 15.9 Å². The van der Waals surface area contributed by atoms with E-state index in [2.05, 4.69) is 15.5 Å². The van der Waals surface area contributed by atoms with Gasteiger partial charge in [0, 0.05) is 30.4 Å². The maximum Gasteiger partial charge on any atom is 0.243 e. The molecule has 1 saturated heterocycles. The van der Waals surface area contributed by atoms with Gasteiger partial charge in [0.05, 0.1) is 44.6 Å². The quantitative estimate of drug-likeness (QED) is 0.253. The molecule has 0 radical (unpaired) electrons. The van der Waals surface area contributed by atoms with Gasteiger partial charge >= 0.3 is 0 Å². The number of thioether (sulfide) groups is 1. The van der Waals surface area contributed by atoms with Crippen LogP contribution in [0.25, 0.3) is 11.4 Å². The van der Waals surface area contributed by atoms with E-state index in [0.29, 0.717) is 66.6 Å². The Bertz CT molecular complexity index is 1640. The number of benzene rings is 3. The first-order chi connectivity index (χ1) is 20.4. The monoisotopic (exact) mass is 609 g/mol. The Morgan fingerprint density at radius 2 is 1.71 bits per heavy atom. The van der Waals surface area contributed by atoms with E-state index in [4.69, 9.17) is 14.2 Å². The number of carbonyl (C=O) groups excluding carboxylic acids is 1. The minimum absolute atomic E-state index is 0.0761. The molecule has 2 heterocycles. The number of ether oxygens (including phenoxy) is 3. The van der Waals surface area contributed by atoms with Crippen molar-refractivity contribution in [2.75, 3.05) is 51.6 Å². The van der Waals surface area contributed by atoms with Gasteiger partial charge in [-0.15, -0.1) is 10.2 Å².